The summed E-state index contributed by atoms with van der Waals surface area (Å²) in [7, 11) is 0. The van der Waals surface area contributed by atoms with Crippen LogP contribution in [0, 0.1) is 5.92 Å². The molecule has 286 valence electrons. The van der Waals surface area contributed by atoms with E-state index >= 15 is 0 Å². The second kappa shape index (κ2) is 42.4. The quantitative estimate of drug-likeness (QED) is 0.0366. The Morgan fingerprint density at radius 2 is 0.729 bits per heavy atom. The van der Waals surface area contributed by atoms with E-state index in [4.69, 9.17) is 4.74 Å². The lowest BCUT2D eigenvalue weighted by atomic mass is 10.0. The Kier molecular flexibility index (Phi) is 41.7. The van der Waals surface area contributed by atoms with Gasteiger partial charge in [0.15, 0.2) is 0 Å². The smallest absolute Gasteiger partial charge is 0.305 e. The predicted molar refractivity (Wildman–Crippen MR) is 216 cm³/mol. The van der Waals surface area contributed by atoms with E-state index in [1.54, 1.807) is 0 Å². The van der Waals surface area contributed by atoms with Crippen LogP contribution < -0.4 is 0 Å². The van der Waals surface area contributed by atoms with Crippen molar-refractivity contribution in [3.05, 3.63) is 12.2 Å². The minimum absolute atomic E-state index is 0.0244. The summed E-state index contributed by atoms with van der Waals surface area (Å²) in [6, 6.07) is 0. The highest BCUT2D eigenvalue weighted by atomic mass is 16.5. The van der Waals surface area contributed by atoms with Gasteiger partial charge in [0.1, 0.15) is 0 Å². The van der Waals surface area contributed by atoms with Gasteiger partial charge in [-0.1, -0.05) is 232 Å². The number of esters is 1. The highest BCUT2D eigenvalue weighted by Gasteiger charge is 2.03. The van der Waals surface area contributed by atoms with Crippen LogP contribution in [0.3, 0.4) is 0 Å². The number of allylic oxidation sites excluding steroid dienone is 2. The molecule has 2 nitrogen and oxygen atoms in total. The third-order valence-electron chi connectivity index (χ3n) is 10.3. The van der Waals surface area contributed by atoms with E-state index in [1.807, 2.05) is 0 Å². The average molecular weight is 675 g/mol. The van der Waals surface area contributed by atoms with Gasteiger partial charge in [-0.25, -0.2) is 0 Å². The number of rotatable bonds is 41. The Labute approximate surface area is 304 Å². The third kappa shape index (κ3) is 43.2. The Balaban J connectivity index is 3.17. The summed E-state index contributed by atoms with van der Waals surface area (Å²) in [6.45, 7) is 7.60. The lowest BCUT2D eigenvalue weighted by Crippen LogP contribution is -2.05. The second-order valence-electron chi connectivity index (χ2n) is 15.9. The van der Waals surface area contributed by atoms with Crippen molar-refractivity contribution >= 4 is 5.97 Å². The van der Waals surface area contributed by atoms with Crippen molar-refractivity contribution in [3.63, 3.8) is 0 Å². The van der Waals surface area contributed by atoms with Crippen molar-refractivity contribution in [2.24, 2.45) is 5.92 Å². The summed E-state index contributed by atoms with van der Waals surface area (Å²) in [6.07, 6.45) is 56.0. The number of ether oxygens (including phenoxy) is 1. The molecule has 0 aliphatic heterocycles. The zero-order chi connectivity index (χ0) is 34.9. The zero-order valence-corrected chi connectivity index (χ0v) is 33.6. The molecule has 0 spiro atoms. The normalized spacial score (nSPS) is 11.8. The largest absolute Gasteiger partial charge is 0.466 e. The van der Waals surface area contributed by atoms with E-state index in [0.29, 0.717) is 13.0 Å². The van der Waals surface area contributed by atoms with Crippen LogP contribution in [0.2, 0.25) is 0 Å². The zero-order valence-electron chi connectivity index (χ0n) is 33.6. The van der Waals surface area contributed by atoms with E-state index in [9.17, 15) is 4.79 Å². The van der Waals surface area contributed by atoms with Crippen molar-refractivity contribution < 1.29 is 9.53 Å². The second-order valence-corrected chi connectivity index (χ2v) is 15.9. The molecule has 0 rings (SSSR count). The van der Waals surface area contributed by atoms with Crippen LogP contribution in [-0.4, -0.2) is 12.6 Å². The molecule has 0 aliphatic carbocycles. The first kappa shape index (κ1) is 47.2. The van der Waals surface area contributed by atoms with Crippen LogP contribution in [0.15, 0.2) is 12.2 Å². The average Bonchev–Trinajstić information content (AvgIpc) is 3.08. The third-order valence-corrected chi connectivity index (χ3v) is 10.3. The van der Waals surface area contributed by atoms with Gasteiger partial charge in [0, 0.05) is 6.42 Å². The first-order valence-electron chi connectivity index (χ1n) is 22.5. The molecule has 0 unspecified atom stereocenters. The maximum atomic E-state index is 12.0. The van der Waals surface area contributed by atoms with Gasteiger partial charge in [-0.15, -0.1) is 0 Å². The maximum Gasteiger partial charge on any atom is 0.305 e. The van der Waals surface area contributed by atoms with Crippen LogP contribution in [0.5, 0.6) is 0 Å². The van der Waals surface area contributed by atoms with Crippen molar-refractivity contribution in [2.75, 3.05) is 6.61 Å². The molecule has 48 heavy (non-hydrogen) atoms. The number of carbonyl (C=O) groups excluding carboxylic acids is 1. The topological polar surface area (TPSA) is 26.3 Å². The highest BCUT2D eigenvalue weighted by molar-refractivity contribution is 5.69. The van der Waals surface area contributed by atoms with Crippen molar-refractivity contribution in [1.29, 1.82) is 0 Å². The van der Waals surface area contributed by atoms with E-state index < -0.39 is 0 Å². The molecular formula is C46H90O2. The summed E-state index contributed by atoms with van der Waals surface area (Å²) < 4.78 is 5.47. The molecule has 0 fully saturated rings. The van der Waals surface area contributed by atoms with Crippen molar-refractivity contribution in [3.8, 4) is 0 Å². The fraction of sp³-hybridized carbons (Fsp3) is 0.935. The molecular weight excluding hydrogens is 585 g/mol. The summed E-state index contributed by atoms with van der Waals surface area (Å²) in [4.78, 5) is 12.0. The van der Waals surface area contributed by atoms with Crippen molar-refractivity contribution in [2.45, 2.75) is 265 Å². The molecule has 0 radical (unpaired) electrons. The molecule has 0 atom stereocenters. The number of carbonyl (C=O) groups is 1. The molecule has 0 N–H and O–H groups in total. The van der Waals surface area contributed by atoms with Crippen LogP contribution in [0.4, 0.5) is 0 Å². The van der Waals surface area contributed by atoms with Gasteiger partial charge < -0.3 is 4.74 Å². The molecule has 0 aromatic carbocycles. The van der Waals surface area contributed by atoms with Gasteiger partial charge in [0.2, 0.25) is 0 Å². The van der Waals surface area contributed by atoms with E-state index in [2.05, 4.69) is 32.9 Å². The summed E-state index contributed by atoms with van der Waals surface area (Å²) in [5.74, 6) is 0.908. The Hall–Kier alpha value is -0.790. The van der Waals surface area contributed by atoms with Crippen LogP contribution in [-0.2, 0) is 9.53 Å². The molecule has 0 aromatic rings. The van der Waals surface area contributed by atoms with Gasteiger partial charge >= 0.3 is 5.97 Å². The molecule has 0 heterocycles. The van der Waals surface area contributed by atoms with Crippen LogP contribution >= 0.6 is 0 Å². The molecule has 0 amide bonds. The van der Waals surface area contributed by atoms with Gasteiger partial charge in [-0.3, -0.25) is 4.79 Å². The maximum absolute atomic E-state index is 12.0. The molecule has 2 heteroatoms. The van der Waals surface area contributed by atoms with E-state index in [1.165, 1.54) is 225 Å². The Morgan fingerprint density at radius 3 is 1.10 bits per heavy atom. The predicted octanol–water partition coefficient (Wildman–Crippen LogP) is 16.6. The number of unbranched alkanes of at least 4 members (excludes halogenated alkanes) is 33. The van der Waals surface area contributed by atoms with Gasteiger partial charge in [0.25, 0.3) is 0 Å². The monoisotopic (exact) mass is 675 g/mol. The van der Waals surface area contributed by atoms with E-state index in [0.717, 1.165) is 18.8 Å². The minimum atomic E-state index is 0.0244. The van der Waals surface area contributed by atoms with Crippen molar-refractivity contribution in [1.82, 2.24) is 0 Å². The van der Waals surface area contributed by atoms with E-state index in [-0.39, 0.29) is 5.97 Å². The fourth-order valence-corrected chi connectivity index (χ4v) is 6.97. The first-order valence-corrected chi connectivity index (χ1v) is 22.5. The number of hydrogen-bond donors (Lipinski definition) is 0. The summed E-state index contributed by atoms with van der Waals surface area (Å²) in [5, 5.41) is 0. The summed E-state index contributed by atoms with van der Waals surface area (Å²) >= 11 is 0. The first-order chi connectivity index (χ1) is 23.7. The Bertz CT molecular complexity index is 624. The van der Waals surface area contributed by atoms with Crippen LogP contribution in [0.1, 0.15) is 265 Å². The molecule has 0 aromatic heterocycles. The van der Waals surface area contributed by atoms with Gasteiger partial charge in [0.05, 0.1) is 6.61 Å². The number of hydrogen-bond acceptors (Lipinski definition) is 2. The molecule has 0 aliphatic rings. The fourth-order valence-electron chi connectivity index (χ4n) is 6.97. The lowest BCUT2D eigenvalue weighted by molar-refractivity contribution is -0.143. The van der Waals surface area contributed by atoms with Gasteiger partial charge in [-0.05, 0) is 44.4 Å². The molecule has 0 saturated carbocycles. The van der Waals surface area contributed by atoms with Gasteiger partial charge in [-0.2, -0.15) is 0 Å². The van der Waals surface area contributed by atoms with Crippen LogP contribution in [0.25, 0.3) is 0 Å². The SMILES string of the molecule is CCCCCCCCC=CCCCCCCCCCC(=O)OCCCCCCCCCCCCCCCCCCCCCCCC(C)C. The molecule has 0 saturated heterocycles. The standard InChI is InChI=1S/C46H90O2/c1-4-5-6-7-8-9-10-11-12-18-22-25-28-31-34-37-40-43-46(47)48-44-41-38-35-32-29-26-23-20-17-15-13-14-16-19-21-24-27-30-33-36-39-42-45(2)3/h11-12,45H,4-10,13-44H2,1-3H3. The highest BCUT2D eigenvalue weighted by Crippen LogP contribution is 2.16. The summed E-state index contributed by atoms with van der Waals surface area (Å²) in [5.41, 5.74) is 0. The Morgan fingerprint density at radius 1 is 0.417 bits per heavy atom. The minimum Gasteiger partial charge on any atom is -0.466 e. The molecule has 0 bridgehead atoms. The lowest BCUT2D eigenvalue weighted by Gasteiger charge is -2.06.